The molecule has 27 heavy (non-hydrogen) atoms. The molecule has 0 atom stereocenters. The number of aromatic nitrogens is 4. The number of hydrogen-bond donors (Lipinski definition) is 0. The summed E-state index contributed by atoms with van der Waals surface area (Å²) in [6, 6.07) is 12.4. The van der Waals surface area contributed by atoms with E-state index in [1.165, 1.54) is 6.07 Å². The van der Waals surface area contributed by atoms with Crippen molar-refractivity contribution in [1.29, 1.82) is 5.26 Å². The molecule has 0 spiro atoms. The Hall–Kier alpha value is -2.98. The third-order valence-electron chi connectivity index (χ3n) is 4.47. The molecule has 2 heterocycles. The molecule has 0 aliphatic carbocycles. The Morgan fingerprint density at radius 2 is 2.07 bits per heavy atom. The Kier molecular flexibility index (Phi) is 4.50. The Labute approximate surface area is 163 Å². The van der Waals surface area contributed by atoms with Crippen LogP contribution in [0.3, 0.4) is 0 Å². The summed E-state index contributed by atoms with van der Waals surface area (Å²) >= 11 is 3.39. The van der Waals surface area contributed by atoms with Gasteiger partial charge in [-0.05, 0) is 43.3 Å². The number of benzene rings is 2. The van der Waals surface area contributed by atoms with E-state index in [-0.39, 0.29) is 5.82 Å². The molecule has 0 saturated heterocycles. The summed E-state index contributed by atoms with van der Waals surface area (Å²) in [6.45, 7) is 3.24. The summed E-state index contributed by atoms with van der Waals surface area (Å²) in [7, 11) is 0. The van der Waals surface area contributed by atoms with Crippen molar-refractivity contribution >= 4 is 27.0 Å². The van der Waals surface area contributed by atoms with Gasteiger partial charge in [0.15, 0.2) is 0 Å². The number of aryl methyl sites for hydroxylation is 1. The maximum Gasteiger partial charge on any atom is 0.143 e. The van der Waals surface area contributed by atoms with Gasteiger partial charge < -0.3 is 9.13 Å². The molecule has 0 fully saturated rings. The maximum atomic E-state index is 14.3. The normalized spacial score (nSPS) is 11.0. The first-order valence-electron chi connectivity index (χ1n) is 8.46. The second-order valence-corrected chi connectivity index (χ2v) is 7.01. The van der Waals surface area contributed by atoms with Gasteiger partial charge in [-0.15, -0.1) is 0 Å². The molecule has 4 rings (SSSR count). The fourth-order valence-corrected chi connectivity index (χ4v) is 3.59. The lowest BCUT2D eigenvalue weighted by atomic mass is 10.2. The van der Waals surface area contributed by atoms with Crippen LogP contribution in [0.5, 0.6) is 0 Å². The molecule has 7 heteroatoms. The summed E-state index contributed by atoms with van der Waals surface area (Å²) < 4.78 is 19.1. The third-order valence-corrected chi connectivity index (χ3v) is 4.96. The highest BCUT2D eigenvalue weighted by Crippen LogP contribution is 2.26. The van der Waals surface area contributed by atoms with Crippen LogP contribution < -0.4 is 0 Å². The molecular formula is C20H15BrFN5. The van der Waals surface area contributed by atoms with Gasteiger partial charge in [0.2, 0.25) is 0 Å². The molecule has 134 valence electrons. The van der Waals surface area contributed by atoms with Crippen LogP contribution in [0.25, 0.3) is 22.4 Å². The lowest BCUT2D eigenvalue weighted by Gasteiger charge is -2.10. The fraction of sp³-hybridized carbons (Fsp3) is 0.150. The molecule has 0 saturated carbocycles. The molecule has 4 aromatic rings. The smallest absolute Gasteiger partial charge is 0.143 e. The minimum absolute atomic E-state index is 0.326. The first-order valence-corrected chi connectivity index (χ1v) is 9.26. The van der Waals surface area contributed by atoms with Crippen LogP contribution in [0.15, 0.2) is 53.3 Å². The SMILES string of the molecule is CCn1c(Cn2ccnc2-c2cc(Br)ccc2F)nc2cc(C#N)ccc21. The van der Waals surface area contributed by atoms with E-state index in [2.05, 4.69) is 31.6 Å². The quantitative estimate of drug-likeness (QED) is 0.476. The van der Waals surface area contributed by atoms with Crippen LogP contribution in [0.2, 0.25) is 0 Å². The predicted octanol–water partition coefficient (Wildman–Crippen LogP) is 4.74. The van der Waals surface area contributed by atoms with Crippen LogP contribution in [-0.4, -0.2) is 19.1 Å². The van der Waals surface area contributed by atoms with Crippen molar-refractivity contribution < 1.29 is 4.39 Å². The van der Waals surface area contributed by atoms with E-state index in [0.717, 1.165) is 27.9 Å². The zero-order chi connectivity index (χ0) is 19.0. The van der Waals surface area contributed by atoms with Gasteiger partial charge in [-0.3, -0.25) is 0 Å². The number of fused-ring (bicyclic) bond motifs is 1. The first-order chi connectivity index (χ1) is 13.1. The van der Waals surface area contributed by atoms with E-state index in [1.807, 2.05) is 23.8 Å². The predicted molar refractivity (Wildman–Crippen MR) is 105 cm³/mol. The molecule has 0 radical (unpaired) electrons. The minimum Gasteiger partial charge on any atom is -0.327 e. The van der Waals surface area contributed by atoms with Crippen LogP contribution in [0, 0.1) is 17.1 Å². The van der Waals surface area contributed by atoms with Crippen molar-refractivity contribution in [2.45, 2.75) is 20.0 Å². The van der Waals surface area contributed by atoms with Gasteiger partial charge in [0, 0.05) is 23.4 Å². The van der Waals surface area contributed by atoms with Crippen molar-refractivity contribution in [3.63, 3.8) is 0 Å². The summed E-state index contributed by atoms with van der Waals surface area (Å²) in [5.41, 5.74) is 2.76. The zero-order valence-corrected chi connectivity index (χ0v) is 16.1. The van der Waals surface area contributed by atoms with Crippen molar-refractivity contribution in [3.05, 3.63) is 70.5 Å². The number of nitriles is 1. The van der Waals surface area contributed by atoms with Crippen LogP contribution in [0.4, 0.5) is 4.39 Å². The molecule has 0 unspecified atom stereocenters. The molecule has 0 aliphatic heterocycles. The maximum absolute atomic E-state index is 14.3. The number of rotatable bonds is 4. The lowest BCUT2D eigenvalue weighted by Crippen LogP contribution is -2.09. The lowest BCUT2D eigenvalue weighted by molar-refractivity contribution is 0.624. The second kappa shape index (κ2) is 6.97. The first kappa shape index (κ1) is 17.4. The number of hydrogen-bond acceptors (Lipinski definition) is 3. The van der Waals surface area contributed by atoms with Gasteiger partial charge >= 0.3 is 0 Å². The monoisotopic (exact) mass is 423 g/mol. The number of halogens is 2. The van der Waals surface area contributed by atoms with Gasteiger partial charge in [-0.2, -0.15) is 5.26 Å². The van der Waals surface area contributed by atoms with Crippen LogP contribution in [0.1, 0.15) is 18.3 Å². The van der Waals surface area contributed by atoms with Crippen molar-refractivity contribution in [2.24, 2.45) is 0 Å². The van der Waals surface area contributed by atoms with Gasteiger partial charge in [0.25, 0.3) is 0 Å². The number of imidazole rings is 2. The van der Waals surface area contributed by atoms with Gasteiger partial charge in [0.1, 0.15) is 17.5 Å². The third kappa shape index (κ3) is 3.13. The van der Waals surface area contributed by atoms with Crippen molar-refractivity contribution in [2.75, 3.05) is 0 Å². The van der Waals surface area contributed by atoms with Gasteiger partial charge in [-0.1, -0.05) is 15.9 Å². The highest BCUT2D eigenvalue weighted by molar-refractivity contribution is 9.10. The molecule has 0 aliphatic rings. The standard InChI is InChI=1S/C20H15BrFN5/c1-2-27-18-6-3-13(11-23)9-17(18)25-19(27)12-26-8-7-24-20(26)15-10-14(21)4-5-16(15)22/h3-10H,2,12H2,1H3. The van der Waals surface area contributed by atoms with Crippen molar-refractivity contribution in [1.82, 2.24) is 19.1 Å². The minimum atomic E-state index is -0.326. The molecule has 2 aromatic heterocycles. The van der Waals surface area contributed by atoms with Gasteiger partial charge in [-0.25, -0.2) is 14.4 Å². The van der Waals surface area contributed by atoms with Gasteiger partial charge in [0.05, 0.1) is 34.8 Å². The highest BCUT2D eigenvalue weighted by Gasteiger charge is 2.15. The Morgan fingerprint density at radius 3 is 2.85 bits per heavy atom. The summed E-state index contributed by atoms with van der Waals surface area (Å²) in [5.74, 6) is 1.05. The molecular weight excluding hydrogens is 409 g/mol. The summed E-state index contributed by atoms with van der Waals surface area (Å²) in [5, 5.41) is 9.11. The van der Waals surface area contributed by atoms with E-state index >= 15 is 0 Å². The number of nitrogens with zero attached hydrogens (tertiary/aromatic N) is 5. The molecule has 5 nitrogen and oxygen atoms in total. The largest absolute Gasteiger partial charge is 0.327 e. The van der Waals surface area contributed by atoms with E-state index < -0.39 is 0 Å². The highest BCUT2D eigenvalue weighted by atomic mass is 79.9. The van der Waals surface area contributed by atoms with E-state index in [0.29, 0.717) is 23.5 Å². The molecule has 0 N–H and O–H groups in total. The molecule has 2 aromatic carbocycles. The Morgan fingerprint density at radius 1 is 1.22 bits per heavy atom. The Bertz CT molecular complexity index is 1190. The zero-order valence-electron chi connectivity index (χ0n) is 14.5. The fourth-order valence-electron chi connectivity index (χ4n) is 3.23. The van der Waals surface area contributed by atoms with E-state index in [1.54, 1.807) is 30.5 Å². The molecule has 0 bridgehead atoms. The average molecular weight is 424 g/mol. The van der Waals surface area contributed by atoms with Crippen molar-refractivity contribution in [3.8, 4) is 17.5 Å². The average Bonchev–Trinajstić information content (AvgIpc) is 3.27. The summed E-state index contributed by atoms with van der Waals surface area (Å²) in [6.07, 6.45) is 3.47. The second-order valence-electron chi connectivity index (χ2n) is 6.09. The van der Waals surface area contributed by atoms with E-state index in [4.69, 9.17) is 10.2 Å². The molecule has 0 amide bonds. The topological polar surface area (TPSA) is 59.4 Å². The Balaban J connectivity index is 1.79. The van der Waals surface area contributed by atoms with Crippen LogP contribution >= 0.6 is 15.9 Å². The van der Waals surface area contributed by atoms with Crippen LogP contribution in [-0.2, 0) is 13.1 Å². The summed E-state index contributed by atoms with van der Waals surface area (Å²) in [4.78, 5) is 9.05. The van der Waals surface area contributed by atoms with E-state index in [9.17, 15) is 4.39 Å².